The Labute approximate surface area is 258 Å². The Bertz CT molecular complexity index is 1080. The highest BCUT2D eigenvalue weighted by molar-refractivity contribution is 8.13. The summed E-state index contributed by atoms with van der Waals surface area (Å²) in [6, 6.07) is -5.02. The van der Waals surface area contributed by atoms with Gasteiger partial charge in [-0.1, -0.05) is 32.5 Å². The van der Waals surface area contributed by atoms with Crippen molar-refractivity contribution < 1.29 is 33.5 Å². The van der Waals surface area contributed by atoms with Gasteiger partial charge in [-0.2, -0.15) is 0 Å². The van der Waals surface area contributed by atoms with E-state index in [2.05, 4.69) is 21.3 Å². The van der Waals surface area contributed by atoms with E-state index in [4.69, 9.17) is 4.74 Å². The average molecular weight is 625 g/mol. The SMILES string of the molecule is CCSC(=O)CCNC(=O)[C@H]1[C@@H]2CN2C(=O)[C@H](C(C)C)NC(=O)[C@H](COC(C)(C)C)NC(=O)[C@H](C)NC(=O)[C@@H]2CCCN21. The molecule has 3 aliphatic rings. The van der Waals surface area contributed by atoms with Crippen molar-refractivity contribution in [3.05, 3.63) is 0 Å². The molecule has 5 amide bonds. The van der Waals surface area contributed by atoms with Crippen LogP contribution in [-0.4, -0.2) is 118 Å². The van der Waals surface area contributed by atoms with Gasteiger partial charge in [0.25, 0.3) is 0 Å². The van der Waals surface area contributed by atoms with Crippen molar-refractivity contribution in [2.75, 3.05) is 32.0 Å². The van der Waals surface area contributed by atoms with Crippen molar-refractivity contribution in [3.8, 4) is 0 Å². The van der Waals surface area contributed by atoms with E-state index in [1.807, 2.05) is 41.5 Å². The number of fused-ring (bicyclic) bond motifs is 2. The third-order valence-corrected chi connectivity index (χ3v) is 8.57. The molecular formula is C29H48N6O7S. The Kier molecular flexibility index (Phi) is 12.0. The standard InChI is InChI=1S/C29H48N6O7S/c1-8-43-21(36)11-12-30-27(40)23-20-14-35(20)28(41)22(16(2)3)33-25(38)18(15-42-29(5,6)7)32-24(37)17(4)31-26(39)19-10-9-13-34(19)23/h16-20,22-23H,8-15H2,1-7H3,(H,30,40)(H,31,39)(H,32,37)(H,33,38)/t17-,18-,19-,20-,22-,23+,35?/m0/s1. The number of amides is 5. The predicted octanol–water partition coefficient (Wildman–Crippen LogP) is -0.225. The van der Waals surface area contributed by atoms with Gasteiger partial charge in [0, 0.05) is 19.5 Å². The largest absolute Gasteiger partial charge is 0.373 e. The lowest BCUT2D eigenvalue weighted by Crippen LogP contribution is -2.59. The Balaban J connectivity index is 1.92. The zero-order chi connectivity index (χ0) is 32.1. The molecule has 13 nitrogen and oxygen atoms in total. The Morgan fingerprint density at radius 2 is 1.77 bits per heavy atom. The van der Waals surface area contributed by atoms with Crippen molar-refractivity contribution in [3.63, 3.8) is 0 Å². The van der Waals surface area contributed by atoms with E-state index < -0.39 is 59.6 Å². The zero-order valence-electron chi connectivity index (χ0n) is 26.4. The molecule has 0 unspecified atom stereocenters. The summed E-state index contributed by atoms with van der Waals surface area (Å²) < 4.78 is 5.81. The lowest BCUT2D eigenvalue weighted by atomic mass is 10.0. The summed E-state index contributed by atoms with van der Waals surface area (Å²) in [6.45, 7) is 13.3. The number of carbonyl (C=O) groups excluding carboxylic acids is 6. The van der Waals surface area contributed by atoms with E-state index in [0.717, 1.165) is 0 Å². The van der Waals surface area contributed by atoms with Crippen LogP contribution in [0.5, 0.6) is 0 Å². The highest BCUT2D eigenvalue weighted by Crippen LogP contribution is 2.32. The van der Waals surface area contributed by atoms with Crippen molar-refractivity contribution >= 4 is 46.4 Å². The molecule has 0 aromatic carbocycles. The molecule has 0 aromatic rings. The average Bonchev–Trinajstić information content (AvgIpc) is 3.54. The smallest absolute Gasteiger partial charge is 0.245 e. The van der Waals surface area contributed by atoms with Crippen molar-refractivity contribution in [1.82, 2.24) is 31.1 Å². The maximum Gasteiger partial charge on any atom is 0.245 e. The number of hydrogen-bond donors (Lipinski definition) is 4. The number of hydrogen-bond acceptors (Lipinski definition) is 9. The summed E-state index contributed by atoms with van der Waals surface area (Å²) in [5, 5.41) is 11.1. The van der Waals surface area contributed by atoms with Crippen LogP contribution in [-0.2, 0) is 33.5 Å². The predicted molar refractivity (Wildman–Crippen MR) is 162 cm³/mol. The first-order valence-corrected chi connectivity index (χ1v) is 16.2. The molecule has 43 heavy (non-hydrogen) atoms. The minimum atomic E-state index is -1.11. The monoisotopic (exact) mass is 624 g/mol. The summed E-state index contributed by atoms with van der Waals surface area (Å²) in [6.07, 6.45) is 1.31. The second-order valence-electron chi connectivity index (χ2n) is 12.7. The highest BCUT2D eigenvalue weighted by Gasteiger charge is 2.54. The number of carbonyl (C=O) groups is 6. The van der Waals surface area contributed by atoms with Crippen LogP contribution in [0.25, 0.3) is 0 Å². The summed E-state index contributed by atoms with van der Waals surface area (Å²) in [5.74, 6) is -1.92. The lowest BCUT2D eigenvalue weighted by molar-refractivity contribution is -0.138. The van der Waals surface area contributed by atoms with E-state index in [1.165, 1.54) is 18.7 Å². The lowest BCUT2D eigenvalue weighted by Gasteiger charge is -2.32. The minimum Gasteiger partial charge on any atom is -0.373 e. The molecule has 0 bridgehead atoms. The third kappa shape index (κ3) is 9.39. The van der Waals surface area contributed by atoms with Gasteiger partial charge < -0.3 is 30.9 Å². The first-order valence-electron chi connectivity index (χ1n) is 15.2. The van der Waals surface area contributed by atoms with Gasteiger partial charge in [-0.25, -0.2) is 0 Å². The molecule has 3 aliphatic heterocycles. The summed E-state index contributed by atoms with van der Waals surface area (Å²) >= 11 is 1.19. The first kappa shape index (κ1) is 34.8. The second kappa shape index (κ2) is 14.8. The van der Waals surface area contributed by atoms with E-state index in [9.17, 15) is 28.8 Å². The fourth-order valence-electron chi connectivity index (χ4n) is 5.39. The van der Waals surface area contributed by atoms with Crippen LogP contribution in [0.1, 0.15) is 67.7 Å². The summed E-state index contributed by atoms with van der Waals surface area (Å²) in [4.78, 5) is 82.8. The molecule has 0 aromatic heterocycles. The minimum absolute atomic E-state index is 0.0273. The molecule has 4 N–H and O–H groups in total. The van der Waals surface area contributed by atoms with E-state index in [-0.39, 0.29) is 49.0 Å². The van der Waals surface area contributed by atoms with Crippen molar-refractivity contribution in [2.24, 2.45) is 5.92 Å². The number of ether oxygens (including phenoxy) is 1. The van der Waals surface area contributed by atoms with E-state index >= 15 is 0 Å². The Morgan fingerprint density at radius 1 is 1.07 bits per heavy atom. The quantitative estimate of drug-likeness (QED) is 0.267. The molecular weight excluding hydrogens is 576 g/mol. The molecule has 3 saturated heterocycles. The highest BCUT2D eigenvalue weighted by atomic mass is 32.2. The van der Waals surface area contributed by atoms with Crippen LogP contribution in [0, 0.1) is 5.92 Å². The molecule has 3 rings (SSSR count). The zero-order valence-corrected chi connectivity index (χ0v) is 27.2. The number of rotatable bonds is 8. The molecule has 0 radical (unpaired) electrons. The van der Waals surface area contributed by atoms with E-state index in [1.54, 1.807) is 9.80 Å². The van der Waals surface area contributed by atoms with Crippen LogP contribution < -0.4 is 21.3 Å². The Hall–Kier alpha value is -2.71. The fourth-order valence-corrected chi connectivity index (χ4v) is 5.96. The van der Waals surface area contributed by atoms with Crippen molar-refractivity contribution in [1.29, 1.82) is 0 Å². The first-order chi connectivity index (χ1) is 20.1. The molecule has 0 saturated carbocycles. The third-order valence-electron chi connectivity index (χ3n) is 7.75. The fraction of sp³-hybridized carbons (Fsp3) is 0.793. The molecule has 242 valence electrons. The maximum absolute atomic E-state index is 13.8. The van der Waals surface area contributed by atoms with Gasteiger partial charge in [-0.15, -0.1) is 0 Å². The topological polar surface area (TPSA) is 166 Å². The number of nitrogens with one attached hydrogen (secondary N) is 4. The number of nitrogens with zero attached hydrogens (tertiary/aromatic N) is 2. The van der Waals surface area contributed by atoms with Crippen molar-refractivity contribution in [2.45, 2.75) is 110 Å². The van der Waals surface area contributed by atoms with Gasteiger partial charge >= 0.3 is 0 Å². The summed E-state index contributed by atoms with van der Waals surface area (Å²) in [5.41, 5.74) is -0.592. The van der Waals surface area contributed by atoms with E-state index in [0.29, 0.717) is 25.1 Å². The maximum atomic E-state index is 13.8. The molecule has 0 aliphatic carbocycles. The van der Waals surface area contributed by atoms with Gasteiger partial charge in [-0.05, 0) is 58.8 Å². The molecule has 3 heterocycles. The van der Waals surface area contributed by atoms with Gasteiger partial charge in [-0.3, -0.25) is 33.7 Å². The van der Waals surface area contributed by atoms with Crippen LogP contribution in [0.15, 0.2) is 0 Å². The van der Waals surface area contributed by atoms with Crippen LogP contribution in [0.2, 0.25) is 0 Å². The van der Waals surface area contributed by atoms with Gasteiger partial charge in [0.05, 0.1) is 24.3 Å². The Morgan fingerprint density at radius 3 is 2.40 bits per heavy atom. The molecule has 14 heteroatoms. The molecule has 0 spiro atoms. The van der Waals surface area contributed by atoms with Gasteiger partial charge in [0.2, 0.25) is 29.5 Å². The number of thioether (sulfide) groups is 1. The summed E-state index contributed by atoms with van der Waals surface area (Å²) in [7, 11) is 0. The molecule has 6 atom stereocenters. The van der Waals surface area contributed by atoms with Crippen LogP contribution in [0.4, 0.5) is 0 Å². The molecule has 3 fully saturated rings. The normalized spacial score (nSPS) is 29.1. The van der Waals surface area contributed by atoms with Crippen LogP contribution >= 0.6 is 11.8 Å². The van der Waals surface area contributed by atoms with Gasteiger partial charge in [0.15, 0.2) is 5.12 Å². The van der Waals surface area contributed by atoms with Gasteiger partial charge in [0.1, 0.15) is 24.2 Å². The second-order valence-corrected chi connectivity index (χ2v) is 14.0. The van der Waals surface area contributed by atoms with Crippen LogP contribution in [0.3, 0.4) is 0 Å².